The van der Waals surface area contributed by atoms with Gasteiger partial charge in [-0.05, 0) is 51.1 Å². The van der Waals surface area contributed by atoms with Gasteiger partial charge in [-0.1, -0.05) is 11.6 Å². The molecule has 194 valence electrons. The molecule has 0 aliphatic carbocycles. The van der Waals surface area contributed by atoms with Crippen LogP contribution in [0.3, 0.4) is 0 Å². The lowest BCUT2D eigenvalue weighted by atomic mass is 10.1. The van der Waals surface area contributed by atoms with E-state index >= 15 is 0 Å². The topological polar surface area (TPSA) is 100 Å². The highest BCUT2D eigenvalue weighted by Crippen LogP contribution is 2.42. The molecule has 10 heteroatoms. The second-order valence-electron chi connectivity index (χ2n) is 10.1. The van der Waals surface area contributed by atoms with Crippen LogP contribution in [-0.4, -0.2) is 59.9 Å². The predicted molar refractivity (Wildman–Crippen MR) is 141 cm³/mol. The lowest BCUT2D eigenvalue weighted by molar-refractivity contribution is 0.0138. The second-order valence-corrected chi connectivity index (χ2v) is 10.5. The number of ether oxygens (including phenoxy) is 2. The van der Waals surface area contributed by atoms with Crippen molar-refractivity contribution in [1.29, 1.82) is 0 Å². The number of hydrogen-bond acceptors (Lipinski definition) is 8. The van der Waals surface area contributed by atoms with Crippen molar-refractivity contribution in [3.63, 3.8) is 0 Å². The third-order valence-corrected chi connectivity index (χ3v) is 6.55. The van der Waals surface area contributed by atoms with Gasteiger partial charge in [-0.15, -0.1) is 10.2 Å². The van der Waals surface area contributed by atoms with Gasteiger partial charge in [-0.3, -0.25) is 4.90 Å². The lowest BCUT2D eigenvalue weighted by Crippen LogP contribution is -2.49. The molecular formula is C27H29ClN4O5. The summed E-state index contributed by atoms with van der Waals surface area (Å²) in [4.78, 5) is 16.4. The Labute approximate surface area is 219 Å². The highest BCUT2D eigenvalue weighted by Gasteiger charge is 2.28. The molecule has 37 heavy (non-hydrogen) atoms. The standard InChI is InChI=1S/C27H29ClN4O5/c1-27(2,3)37-26(34)32-11-9-31(10-12-32)15-19-22(35-4)8-6-17-24(33)23(36-25(17)19)14-21-18-13-16(28)5-7-20(18)29-30-21/h5-8,13-14,33H,9-12,15H2,1-4H3. The molecule has 2 aliphatic heterocycles. The van der Waals surface area contributed by atoms with E-state index in [4.69, 9.17) is 25.5 Å². The molecule has 1 aromatic heterocycles. The summed E-state index contributed by atoms with van der Waals surface area (Å²) in [5, 5.41) is 20.5. The Kier molecular flexibility index (Phi) is 6.59. The summed E-state index contributed by atoms with van der Waals surface area (Å²) in [7, 11) is 1.61. The Morgan fingerprint density at radius 1 is 1.16 bits per heavy atom. The zero-order valence-corrected chi connectivity index (χ0v) is 22.0. The molecule has 1 N–H and O–H groups in total. The van der Waals surface area contributed by atoms with Crippen LogP contribution >= 0.6 is 11.6 Å². The monoisotopic (exact) mass is 524 g/mol. The van der Waals surface area contributed by atoms with Gasteiger partial charge in [-0.25, -0.2) is 4.79 Å². The zero-order valence-electron chi connectivity index (χ0n) is 21.2. The van der Waals surface area contributed by atoms with E-state index in [1.165, 1.54) is 0 Å². The highest BCUT2D eigenvalue weighted by atomic mass is 35.5. The van der Waals surface area contributed by atoms with E-state index in [0.29, 0.717) is 65.8 Å². The van der Waals surface area contributed by atoms with Gasteiger partial charge in [0.1, 0.15) is 16.9 Å². The van der Waals surface area contributed by atoms with E-state index in [9.17, 15) is 9.90 Å². The number of fused-ring (bicyclic) bond motifs is 2. The average Bonchev–Trinajstić information content (AvgIpc) is 3.39. The number of azo groups is 1. The third-order valence-electron chi connectivity index (χ3n) is 6.31. The van der Waals surface area contributed by atoms with Crippen LogP contribution in [-0.2, 0) is 11.3 Å². The number of methoxy groups -OCH3 is 1. The lowest BCUT2D eigenvalue weighted by Gasteiger charge is -2.35. The normalized spacial score (nSPS) is 17.0. The van der Waals surface area contributed by atoms with Crippen LogP contribution in [0, 0.1) is 0 Å². The zero-order chi connectivity index (χ0) is 26.3. The summed E-state index contributed by atoms with van der Waals surface area (Å²) in [6.07, 6.45) is 1.36. The van der Waals surface area contributed by atoms with Crippen molar-refractivity contribution in [1.82, 2.24) is 9.80 Å². The van der Waals surface area contributed by atoms with E-state index < -0.39 is 5.60 Å². The van der Waals surface area contributed by atoms with Crippen molar-refractivity contribution in [2.75, 3.05) is 33.3 Å². The van der Waals surface area contributed by atoms with Crippen molar-refractivity contribution >= 4 is 46.1 Å². The fraction of sp³-hybridized carbons (Fsp3) is 0.370. The van der Waals surface area contributed by atoms with Crippen LogP contribution in [0.25, 0.3) is 22.7 Å². The van der Waals surface area contributed by atoms with E-state index in [-0.39, 0.29) is 17.6 Å². The Balaban J connectivity index is 1.40. The fourth-order valence-electron chi connectivity index (χ4n) is 4.47. The first kappa shape index (κ1) is 25.1. The number of carbonyl (C=O) groups excluding carboxylic acids is 1. The maximum Gasteiger partial charge on any atom is 0.410 e. The number of furan rings is 1. The average molecular weight is 525 g/mol. The molecule has 2 aliphatic rings. The predicted octanol–water partition coefficient (Wildman–Crippen LogP) is 6.45. The van der Waals surface area contributed by atoms with Gasteiger partial charge in [0.2, 0.25) is 0 Å². The first-order valence-electron chi connectivity index (χ1n) is 12.1. The van der Waals surface area contributed by atoms with Crippen LogP contribution in [0.4, 0.5) is 10.5 Å². The summed E-state index contributed by atoms with van der Waals surface area (Å²) >= 11 is 6.16. The number of piperazine rings is 1. The number of halogens is 1. The van der Waals surface area contributed by atoms with Crippen molar-refractivity contribution in [3.05, 3.63) is 52.2 Å². The number of rotatable bonds is 4. The van der Waals surface area contributed by atoms with Gasteiger partial charge in [0.25, 0.3) is 0 Å². The molecule has 3 aromatic rings. The van der Waals surface area contributed by atoms with Crippen LogP contribution in [0.2, 0.25) is 5.02 Å². The van der Waals surface area contributed by atoms with E-state index in [1.807, 2.05) is 26.8 Å². The molecule has 0 radical (unpaired) electrons. The first-order valence-corrected chi connectivity index (χ1v) is 12.5. The largest absolute Gasteiger partial charge is 0.504 e. The number of hydrogen-bond donors (Lipinski definition) is 1. The molecule has 3 heterocycles. The molecule has 0 spiro atoms. The summed E-state index contributed by atoms with van der Waals surface area (Å²) in [6.45, 7) is 8.56. The molecule has 0 unspecified atom stereocenters. The minimum absolute atomic E-state index is 0.0202. The molecule has 5 rings (SSSR count). The molecule has 0 atom stereocenters. The third kappa shape index (κ3) is 5.14. The molecule has 0 bridgehead atoms. The van der Waals surface area contributed by atoms with Gasteiger partial charge >= 0.3 is 6.09 Å². The summed E-state index contributed by atoms with van der Waals surface area (Å²) in [5.74, 6) is 0.959. The second kappa shape index (κ2) is 9.72. The smallest absolute Gasteiger partial charge is 0.410 e. The molecule has 0 saturated carbocycles. The summed E-state index contributed by atoms with van der Waals surface area (Å²) in [5.41, 5.74) is 2.87. The van der Waals surface area contributed by atoms with Crippen LogP contribution < -0.4 is 4.74 Å². The van der Waals surface area contributed by atoms with Crippen LogP contribution in [0.15, 0.2) is 45.0 Å². The van der Waals surface area contributed by atoms with Gasteiger partial charge in [-0.2, -0.15) is 0 Å². The minimum Gasteiger partial charge on any atom is -0.504 e. The van der Waals surface area contributed by atoms with Crippen LogP contribution in [0.5, 0.6) is 11.5 Å². The number of amides is 1. The Morgan fingerprint density at radius 3 is 2.62 bits per heavy atom. The van der Waals surface area contributed by atoms with Gasteiger partial charge in [0, 0.05) is 49.4 Å². The van der Waals surface area contributed by atoms with Crippen LogP contribution in [0.1, 0.15) is 37.7 Å². The van der Waals surface area contributed by atoms with Crippen molar-refractivity contribution in [2.45, 2.75) is 32.9 Å². The number of benzene rings is 2. The first-order chi connectivity index (χ1) is 17.6. The minimum atomic E-state index is -0.528. The van der Waals surface area contributed by atoms with Gasteiger partial charge in [0.05, 0.1) is 29.4 Å². The molecule has 1 saturated heterocycles. The Hall–Kier alpha value is -3.56. The van der Waals surface area contributed by atoms with Gasteiger partial charge < -0.3 is 23.9 Å². The molecular weight excluding hydrogens is 496 g/mol. The van der Waals surface area contributed by atoms with Crippen molar-refractivity contribution in [2.24, 2.45) is 10.2 Å². The maximum absolute atomic E-state index is 12.4. The number of carbonyl (C=O) groups is 1. The van der Waals surface area contributed by atoms with Crippen molar-refractivity contribution in [3.8, 4) is 11.5 Å². The number of nitrogens with zero attached hydrogens (tertiary/aromatic N) is 4. The Bertz CT molecular complexity index is 1410. The summed E-state index contributed by atoms with van der Waals surface area (Å²) < 4.78 is 17.3. The molecule has 1 fully saturated rings. The molecule has 9 nitrogen and oxygen atoms in total. The van der Waals surface area contributed by atoms with Gasteiger partial charge in [0.15, 0.2) is 11.5 Å². The highest BCUT2D eigenvalue weighted by molar-refractivity contribution is 6.31. The number of aromatic hydroxyl groups is 1. The van der Waals surface area contributed by atoms with E-state index in [1.54, 1.807) is 42.4 Å². The molecule has 1 amide bonds. The summed E-state index contributed by atoms with van der Waals surface area (Å²) in [6, 6.07) is 8.94. The molecule has 2 aromatic carbocycles. The van der Waals surface area contributed by atoms with Crippen molar-refractivity contribution < 1.29 is 23.8 Å². The Morgan fingerprint density at radius 2 is 1.92 bits per heavy atom. The quantitative estimate of drug-likeness (QED) is 0.421. The SMILES string of the molecule is COc1ccc2c(O)c(C=C3N=Nc4ccc(Cl)cc43)oc2c1CN1CCN(C(=O)OC(C)(C)C)CC1. The van der Waals surface area contributed by atoms with E-state index in [0.717, 1.165) is 11.1 Å². The maximum atomic E-state index is 12.4. The fourth-order valence-corrected chi connectivity index (χ4v) is 4.65. The van der Waals surface area contributed by atoms with E-state index in [2.05, 4.69) is 15.1 Å².